The van der Waals surface area contributed by atoms with Crippen LogP contribution in [0.5, 0.6) is 23.0 Å². The first-order valence-electron chi connectivity index (χ1n) is 9.69. The second-order valence-electron chi connectivity index (χ2n) is 7.14. The van der Waals surface area contributed by atoms with Crippen molar-refractivity contribution >= 4 is 22.5 Å². The molecule has 0 fully saturated rings. The maximum Gasteiger partial charge on any atom is 0.573 e. The summed E-state index contributed by atoms with van der Waals surface area (Å²) in [6.07, 6.45) is -4.81. The number of benzene rings is 3. The molecular weight excluding hydrogens is 459 g/mol. The van der Waals surface area contributed by atoms with E-state index in [0.717, 1.165) is 6.07 Å². The fourth-order valence-corrected chi connectivity index (χ4v) is 3.74. The molecule has 4 rings (SSSR count). The van der Waals surface area contributed by atoms with Gasteiger partial charge in [0, 0.05) is 28.8 Å². The van der Waals surface area contributed by atoms with Crippen LogP contribution in [0.15, 0.2) is 65.5 Å². The lowest BCUT2D eigenvalue weighted by atomic mass is 10.0. The van der Waals surface area contributed by atoms with E-state index in [1.807, 2.05) is 0 Å². The van der Waals surface area contributed by atoms with Crippen molar-refractivity contribution < 1.29 is 27.4 Å². The number of hydrogen-bond acceptors (Lipinski definition) is 4. The Bertz CT molecular complexity index is 1400. The molecular formula is C24H17ClF3NO4. The van der Waals surface area contributed by atoms with Crippen molar-refractivity contribution in [3.05, 3.63) is 81.6 Å². The molecule has 0 bridgehead atoms. The van der Waals surface area contributed by atoms with E-state index in [0.29, 0.717) is 44.2 Å². The highest BCUT2D eigenvalue weighted by atomic mass is 35.5. The van der Waals surface area contributed by atoms with Gasteiger partial charge in [0.15, 0.2) is 5.43 Å². The maximum absolute atomic E-state index is 13.3. The summed E-state index contributed by atoms with van der Waals surface area (Å²) in [6, 6.07) is 15.1. The second kappa shape index (κ2) is 8.71. The normalized spacial score (nSPS) is 11.5. The van der Waals surface area contributed by atoms with Crippen molar-refractivity contribution in [2.75, 3.05) is 7.11 Å². The lowest BCUT2D eigenvalue weighted by molar-refractivity contribution is -0.274. The number of H-pyrrole nitrogens is 1. The van der Waals surface area contributed by atoms with E-state index in [4.69, 9.17) is 21.1 Å². The highest BCUT2D eigenvalue weighted by molar-refractivity contribution is 6.32. The molecule has 9 heteroatoms. The number of rotatable bonds is 5. The van der Waals surface area contributed by atoms with Gasteiger partial charge < -0.3 is 19.2 Å². The summed E-state index contributed by atoms with van der Waals surface area (Å²) in [5.41, 5.74) is 1.96. The zero-order valence-corrected chi connectivity index (χ0v) is 18.2. The molecule has 1 heterocycles. The monoisotopic (exact) mass is 475 g/mol. The van der Waals surface area contributed by atoms with Gasteiger partial charge in [0.25, 0.3) is 0 Å². The third kappa shape index (κ3) is 4.90. The molecule has 0 aliphatic heterocycles. The molecule has 0 atom stereocenters. The predicted octanol–water partition coefficient (Wildman–Crippen LogP) is 6.86. The number of ether oxygens (including phenoxy) is 3. The van der Waals surface area contributed by atoms with E-state index in [-0.39, 0.29) is 11.2 Å². The molecule has 33 heavy (non-hydrogen) atoms. The lowest BCUT2D eigenvalue weighted by Gasteiger charge is -2.13. The van der Waals surface area contributed by atoms with Gasteiger partial charge in [-0.1, -0.05) is 29.8 Å². The predicted molar refractivity (Wildman–Crippen MR) is 120 cm³/mol. The number of aromatic amines is 1. The van der Waals surface area contributed by atoms with Crippen LogP contribution in [-0.4, -0.2) is 18.5 Å². The molecule has 0 unspecified atom stereocenters. The van der Waals surface area contributed by atoms with Crippen LogP contribution in [0.1, 0.15) is 5.69 Å². The van der Waals surface area contributed by atoms with Gasteiger partial charge in [-0.2, -0.15) is 0 Å². The van der Waals surface area contributed by atoms with Crippen molar-refractivity contribution in [3.8, 4) is 34.1 Å². The average molecular weight is 476 g/mol. The average Bonchev–Trinajstić information content (AvgIpc) is 2.73. The summed E-state index contributed by atoms with van der Waals surface area (Å²) in [4.78, 5) is 16.5. The molecule has 4 aromatic rings. The summed E-state index contributed by atoms with van der Waals surface area (Å²) in [5.74, 6) is 0.532. The van der Waals surface area contributed by atoms with Gasteiger partial charge in [0.2, 0.25) is 0 Å². The van der Waals surface area contributed by atoms with Gasteiger partial charge in [-0.3, -0.25) is 4.79 Å². The molecule has 0 aliphatic carbocycles. The van der Waals surface area contributed by atoms with Gasteiger partial charge in [-0.05, 0) is 42.8 Å². The molecule has 0 spiro atoms. The Morgan fingerprint density at radius 3 is 2.30 bits per heavy atom. The Balaban J connectivity index is 1.71. The quantitative estimate of drug-likeness (QED) is 0.342. The van der Waals surface area contributed by atoms with E-state index in [1.54, 1.807) is 43.3 Å². The highest BCUT2D eigenvalue weighted by Crippen LogP contribution is 2.33. The van der Waals surface area contributed by atoms with E-state index >= 15 is 0 Å². The number of pyridine rings is 1. The van der Waals surface area contributed by atoms with Crippen LogP contribution in [0.25, 0.3) is 22.0 Å². The minimum absolute atomic E-state index is 0.150. The number of aromatic nitrogens is 1. The number of hydrogen-bond donors (Lipinski definition) is 1. The van der Waals surface area contributed by atoms with Crippen molar-refractivity contribution in [2.24, 2.45) is 0 Å². The first-order chi connectivity index (χ1) is 15.6. The minimum Gasteiger partial charge on any atom is -0.495 e. The Kier molecular flexibility index (Phi) is 5.95. The maximum atomic E-state index is 13.3. The summed E-state index contributed by atoms with van der Waals surface area (Å²) in [7, 11) is 1.49. The topological polar surface area (TPSA) is 60.6 Å². The number of alkyl halides is 3. The molecule has 5 nitrogen and oxygen atoms in total. The number of methoxy groups -OCH3 is 1. The highest BCUT2D eigenvalue weighted by Gasteiger charge is 2.31. The molecule has 1 aromatic heterocycles. The van der Waals surface area contributed by atoms with Crippen LogP contribution in [-0.2, 0) is 0 Å². The van der Waals surface area contributed by atoms with Crippen LogP contribution in [0, 0.1) is 6.92 Å². The summed E-state index contributed by atoms with van der Waals surface area (Å²) >= 11 is 6.20. The fourth-order valence-electron chi connectivity index (χ4n) is 3.50. The summed E-state index contributed by atoms with van der Waals surface area (Å²) in [6.45, 7) is 1.77. The van der Waals surface area contributed by atoms with Crippen molar-refractivity contribution in [1.82, 2.24) is 4.98 Å². The Morgan fingerprint density at radius 2 is 1.61 bits per heavy atom. The van der Waals surface area contributed by atoms with Crippen LogP contribution >= 0.6 is 11.6 Å². The van der Waals surface area contributed by atoms with Gasteiger partial charge in [0.05, 0.1) is 17.6 Å². The van der Waals surface area contributed by atoms with Crippen molar-refractivity contribution in [2.45, 2.75) is 13.3 Å². The molecule has 0 radical (unpaired) electrons. The molecule has 0 amide bonds. The second-order valence-corrected chi connectivity index (χ2v) is 7.55. The molecule has 1 N–H and O–H groups in total. The van der Waals surface area contributed by atoms with Crippen LogP contribution in [0.4, 0.5) is 13.2 Å². The zero-order chi connectivity index (χ0) is 23.8. The molecule has 0 saturated carbocycles. The largest absolute Gasteiger partial charge is 0.573 e. The van der Waals surface area contributed by atoms with Crippen LogP contribution in [0.2, 0.25) is 5.02 Å². The molecule has 0 saturated heterocycles. The molecule has 3 aromatic carbocycles. The van der Waals surface area contributed by atoms with E-state index in [2.05, 4.69) is 9.72 Å². The van der Waals surface area contributed by atoms with E-state index in [9.17, 15) is 18.0 Å². The van der Waals surface area contributed by atoms with Gasteiger partial charge >= 0.3 is 6.36 Å². The smallest absolute Gasteiger partial charge is 0.495 e. The van der Waals surface area contributed by atoms with Crippen molar-refractivity contribution in [3.63, 3.8) is 0 Å². The van der Waals surface area contributed by atoms with E-state index in [1.165, 1.54) is 25.3 Å². The molecule has 170 valence electrons. The summed E-state index contributed by atoms with van der Waals surface area (Å²) < 4.78 is 52.3. The van der Waals surface area contributed by atoms with Crippen molar-refractivity contribution in [1.29, 1.82) is 0 Å². The number of aryl methyl sites for hydroxylation is 1. The van der Waals surface area contributed by atoms with Crippen LogP contribution < -0.4 is 19.6 Å². The summed E-state index contributed by atoms with van der Waals surface area (Å²) in [5, 5.41) is 0.702. The number of fused-ring (bicyclic) bond motifs is 1. The molecule has 0 aliphatic rings. The van der Waals surface area contributed by atoms with Gasteiger partial charge in [-0.25, -0.2) is 0 Å². The Morgan fingerprint density at radius 1 is 0.939 bits per heavy atom. The minimum atomic E-state index is -4.81. The third-order valence-corrected chi connectivity index (χ3v) is 5.15. The third-order valence-electron chi connectivity index (χ3n) is 4.86. The Hall–Kier alpha value is -3.65. The van der Waals surface area contributed by atoms with Gasteiger partial charge in [-0.15, -0.1) is 13.2 Å². The number of halogens is 4. The van der Waals surface area contributed by atoms with E-state index < -0.39 is 12.1 Å². The lowest BCUT2D eigenvalue weighted by Crippen LogP contribution is -2.17. The zero-order valence-electron chi connectivity index (χ0n) is 17.4. The van der Waals surface area contributed by atoms with Crippen LogP contribution in [0.3, 0.4) is 0 Å². The first kappa shape index (κ1) is 22.5. The number of nitrogens with one attached hydrogen (secondary N) is 1. The SMILES string of the molecule is COc1cc2[nH]c(C)c(-c3cccc(Oc4cccc(OC(F)(F)F)c4)c3)c(=O)c2cc1Cl. The fraction of sp³-hybridized carbons (Fsp3) is 0.125. The first-order valence-corrected chi connectivity index (χ1v) is 10.1. The Labute approximate surface area is 191 Å². The van der Waals surface area contributed by atoms with Gasteiger partial charge in [0.1, 0.15) is 23.0 Å². The standard InChI is InChI=1S/C24H17ClF3NO4/c1-13-22(23(30)18-11-19(25)21(31-2)12-20(18)29-13)14-5-3-6-15(9-14)32-16-7-4-8-17(10-16)33-24(26,27)28/h3-12H,1-2H3,(H,29,30).